The van der Waals surface area contributed by atoms with Crippen molar-refractivity contribution in [2.75, 3.05) is 19.6 Å². The molecule has 6 nitrogen and oxygen atoms in total. The van der Waals surface area contributed by atoms with E-state index >= 15 is 0 Å². The van der Waals surface area contributed by atoms with Gasteiger partial charge in [0, 0.05) is 43.6 Å². The summed E-state index contributed by atoms with van der Waals surface area (Å²) in [5, 5.41) is 10.0. The largest absolute Gasteiger partial charge is 0.505 e. The van der Waals surface area contributed by atoms with E-state index in [2.05, 4.69) is 22.0 Å². The van der Waals surface area contributed by atoms with Gasteiger partial charge in [0.05, 0.1) is 6.04 Å². The monoisotopic (exact) mass is 391 g/mol. The Labute approximate surface area is 170 Å². The lowest BCUT2D eigenvalue weighted by atomic mass is 9.83. The zero-order chi connectivity index (χ0) is 20.0. The zero-order valence-electron chi connectivity index (χ0n) is 16.3. The van der Waals surface area contributed by atoms with Gasteiger partial charge in [0.25, 0.3) is 5.91 Å². The van der Waals surface area contributed by atoms with Crippen molar-refractivity contribution >= 4 is 11.8 Å². The second kappa shape index (κ2) is 7.17. The molecular weight excluding hydrogens is 366 g/mol. The number of benzene rings is 1. The fraction of sp³-hybridized carbons (Fsp3) is 0.435. The van der Waals surface area contributed by atoms with Crippen molar-refractivity contribution in [3.8, 4) is 5.75 Å². The van der Waals surface area contributed by atoms with Gasteiger partial charge in [-0.25, -0.2) is 4.98 Å². The number of hydrogen-bond donors (Lipinski definition) is 1. The van der Waals surface area contributed by atoms with Crippen LogP contribution in [0, 0.1) is 17.8 Å². The summed E-state index contributed by atoms with van der Waals surface area (Å²) >= 11 is 0. The van der Waals surface area contributed by atoms with Crippen LogP contribution in [0.25, 0.3) is 0 Å². The van der Waals surface area contributed by atoms with Crippen LogP contribution in [0.5, 0.6) is 5.75 Å². The number of amides is 2. The second-order valence-electron chi connectivity index (χ2n) is 8.48. The Bertz CT molecular complexity index is 928. The predicted molar refractivity (Wildman–Crippen MR) is 107 cm³/mol. The number of carbonyl (C=O) groups excluding carboxylic acids is 2. The van der Waals surface area contributed by atoms with Crippen molar-refractivity contribution in [3.05, 3.63) is 59.9 Å². The number of aromatic hydroxyl groups is 1. The molecule has 1 aromatic heterocycles. The van der Waals surface area contributed by atoms with Crippen molar-refractivity contribution in [2.45, 2.75) is 25.3 Å². The van der Waals surface area contributed by atoms with E-state index in [0.29, 0.717) is 19.6 Å². The van der Waals surface area contributed by atoms with Crippen molar-refractivity contribution < 1.29 is 14.7 Å². The summed E-state index contributed by atoms with van der Waals surface area (Å²) in [6.45, 7) is 1.86. The molecular formula is C23H25N3O3. The molecule has 0 radical (unpaired) electrons. The van der Waals surface area contributed by atoms with Crippen LogP contribution in [0.1, 0.15) is 41.4 Å². The number of fused-ring (bicyclic) bond motifs is 1. The average Bonchev–Trinajstić information content (AvgIpc) is 3.25. The predicted octanol–water partition coefficient (Wildman–Crippen LogP) is 2.86. The van der Waals surface area contributed by atoms with Crippen LogP contribution in [-0.2, 0) is 4.79 Å². The minimum Gasteiger partial charge on any atom is -0.505 e. The molecule has 29 heavy (non-hydrogen) atoms. The highest BCUT2D eigenvalue weighted by Crippen LogP contribution is 2.47. The number of rotatable bonds is 3. The first-order chi connectivity index (χ1) is 14.1. The first-order valence-corrected chi connectivity index (χ1v) is 10.4. The van der Waals surface area contributed by atoms with E-state index in [9.17, 15) is 14.7 Å². The van der Waals surface area contributed by atoms with E-state index in [0.717, 1.165) is 24.8 Å². The van der Waals surface area contributed by atoms with Crippen LogP contribution in [0.4, 0.5) is 0 Å². The van der Waals surface area contributed by atoms with Crippen molar-refractivity contribution in [3.63, 3.8) is 0 Å². The standard InChI is InChI=1S/C23H25N3O3/c27-19-10-5-11-24-20(19)23(29)25-12-17-13-26(22(28)16-8-4-9-16)21(18(17)14-25)15-6-2-1-3-7-15/h1-3,5-7,10-11,16-18,21,27H,4,8-9,12-14H2/t17-,18-,21+/m0/s1. The van der Waals surface area contributed by atoms with Crippen LogP contribution in [-0.4, -0.2) is 51.3 Å². The van der Waals surface area contributed by atoms with E-state index in [-0.39, 0.29) is 47.1 Å². The molecule has 2 aliphatic heterocycles. The molecule has 3 atom stereocenters. The first-order valence-electron chi connectivity index (χ1n) is 10.4. The third-order valence-electron chi connectivity index (χ3n) is 6.82. The number of aromatic nitrogens is 1. The molecule has 3 heterocycles. The maximum atomic E-state index is 13.1. The Balaban J connectivity index is 1.41. The third kappa shape index (κ3) is 3.07. The van der Waals surface area contributed by atoms with Gasteiger partial charge in [0.2, 0.25) is 5.91 Å². The molecule has 1 N–H and O–H groups in total. The number of pyridine rings is 1. The molecule has 1 aromatic carbocycles. The number of carbonyl (C=O) groups is 2. The quantitative estimate of drug-likeness (QED) is 0.873. The van der Waals surface area contributed by atoms with Crippen molar-refractivity contribution in [1.82, 2.24) is 14.8 Å². The van der Waals surface area contributed by atoms with E-state index < -0.39 is 0 Å². The topological polar surface area (TPSA) is 73.7 Å². The smallest absolute Gasteiger partial charge is 0.276 e. The highest BCUT2D eigenvalue weighted by molar-refractivity contribution is 5.95. The zero-order valence-corrected chi connectivity index (χ0v) is 16.3. The van der Waals surface area contributed by atoms with E-state index in [1.54, 1.807) is 11.0 Å². The molecule has 2 saturated heterocycles. The van der Waals surface area contributed by atoms with Gasteiger partial charge in [-0.15, -0.1) is 0 Å². The average molecular weight is 391 g/mol. The summed E-state index contributed by atoms with van der Waals surface area (Å²) < 4.78 is 0. The van der Waals surface area contributed by atoms with E-state index in [1.807, 2.05) is 18.2 Å². The van der Waals surface area contributed by atoms with Crippen LogP contribution < -0.4 is 0 Å². The van der Waals surface area contributed by atoms with Gasteiger partial charge in [-0.2, -0.15) is 0 Å². The van der Waals surface area contributed by atoms with Crippen molar-refractivity contribution in [2.24, 2.45) is 17.8 Å². The molecule has 2 aromatic rings. The molecule has 1 saturated carbocycles. The van der Waals surface area contributed by atoms with Gasteiger partial charge in [-0.3, -0.25) is 9.59 Å². The molecule has 3 aliphatic rings. The fourth-order valence-corrected chi connectivity index (χ4v) is 5.12. The highest BCUT2D eigenvalue weighted by Gasteiger charge is 2.51. The molecule has 6 heteroatoms. The molecule has 150 valence electrons. The highest BCUT2D eigenvalue weighted by atomic mass is 16.3. The minimum atomic E-state index is -0.235. The molecule has 5 rings (SSSR count). The Morgan fingerprint density at radius 2 is 1.79 bits per heavy atom. The lowest BCUT2D eigenvalue weighted by Crippen LogP contribution is -2.41. The van der Waals surface area contributed by atoms with Gasteiger partial charge in [0.15, 0.2) is 5.69 Å². The number of nitrogens with zero attached hydrogens (tertiary/aromatic N) is 3. The minimum absolute atomic E-state index is 0.00410. The summed E-state index contributed by atoms with van der Waals surface area (Å²) in [7, 11) is 0. The summed E-state index contributed by atoms with van der Waals surface area (Å²) in [6, 6.07) is 13.3. The molecule has 1 aliphatic carbocycles. The summed E-state index contributed by atoms with van der Waals surface area (Å²) in [5.41, 5.74) is 1.24. The first kappa shape index (κ1) is 18.2. The van der Waals surface area contributed by atoms with Crippen LogP contribution in [0.15, 0.2) is 48.7 Å². The normalized spacial score (nSPS) is 26.3. The summed E-state index contributed by atoms with van der Waals surface area (Å²) in [4.78, 5) is 34.0. The third-order valence-corrected chi connectivity index (χ3v) is 6.82. The van der Waals surface area contributed by atoms with Gasteiger partial charge < -0.3 is 14.9 Å². The van der Waals surface area contributed by atoms with Crippen LogP contribution in [0.2, 0.25) is 0 Å². The summed E-state index contributed by atoms with van der Waals surface area (Å²) in [5.74, 6) is 0.579. The Kier molecular flexibility index (Phi) is 4.49. The second-order valence-corrected chi connectivity index (χ2v) is 8.48. The van der Waals surface area contributed by atoms with Crippen molar-refractivity contribution in [1.29, 1.82) is 0 Å². The number of hydrogen-bond acceptors (Lipinski definition) is 4. The maximum Gasteiger partial charge on any atom is 0.276 e. The molecule has 3 fully saturated rings. The van der Waals surface area contributed by atoms with Crippen LogP contribution in [0.3, 0.4) is 0 Å². The van der Waals surface area contributed by atoms with Gasteiger partial charge in [-0.1, -0.05) is 36.8 Å². The molecule has 2 amide bonds. The van der Waals surface area contributed by atoms with E-state index in [4.69, 9.17) is 0 Å². The van der Waals surface area contributed by atoms with Gasteiger partial charge in [0.1, 0.15) is 5.75 Å². The fourth-order valence-electron chi connectivity index (χ4n) is 5.12. The van der Waals surface area contributed by atoms with Gasteiger partial charge in [-0.05, 0) is 30.5 Å². The lowest BCUT2D eigenvalue weighted by Gasteiger charge is -2.35. The lowest BCUT2D eigenvalue weighted by molar-refractivity contribution is -0.139. The SMILES string of the molecule is O=C(c1ncccc1O)N1C[C@H]2CN(C(=O)C3CCC3)[C@H](c3ccccc3)[C@H]2C1. The number of likely N-dealkylation sites (tertiary alicyclic amines) is 2. The molecule has 0 unspecified atom stereocenters. The Morgan fingerprint density at radius 1 is 1.00 bits per heavy atom. The Morgan fingerprint density at radius 3 is 2.48 bits per heavy atom. The molecule has 0 spiro atoms. The van der Waals surface area contributed by atoms with E-state index in [1.165, 1.54) is 12.3 Å². The maximum absolute atomic E-state index is 13.1. The molecule has 0 bridgehead atoms. The Hall–Kier alpha value is -2.89. The van der Waals surface area contributed by atoms with Gasteiger partial charge >= 0.3 is 0 Å². The summed E-state index contributed by atoms with van der Waals surface area (Å²) in [6.07, 6.45) is 4.66. The van der Waals surface area contributed by atoms with Crippen LogP contribution >= 0.6 is 0 Å².